The molecule has 7 heteroatoms. The molecule has 0 aliphatic carbocycles. The summed E-state index contributed by atoms with van der Waals surface area (Å²) in [5, 5.41) is 11.0. The molecule has 1 aromatic carbocycles. The first kappa shape index (κ1) is 14.5. The molecule has 3 amide bonds. The van der Waals surface area contributed by atoms with E-state index in [4.69, 9.17) is 10.00 Å². The fraction of sp³-hybridized carbons (Fsp3) is 0.286. The molecule has 0 radical (unpaired) electrons. The summed E-state index contributed by atoms with van der Waals surface area (Å²) in [6, 6.07) is 7.70. The lowest BCUT2D eigenvalue weighted by Crippen LogP contribution is -2.30. The molecule has 1 fully saturated rings. The van der Waals surface area contributed by atoms with Crippen molar-refractivity contribution in [2.75, 3.05) is 6.54 Å². The number of hydrogen-bond acceptors (Lipinski definition) is 5. The van der Waals surface area contributed by atoms with Crippen LogP contribution in [0.4, 0.5) is 4.79 Å². The molecule has 0 unspecified atom stereocenters. The zero-order chi connectivity index (χ0) is 15.4. The van der Waals surface area contributed by atoms with Gasteiger partial charge in [-0.05, 0) is 24.6 Å². The van der Waals surface area contributed by atoms with E-state index in [1.165, 1.54) is 19.1 Å². The van der Waals surface area contributed by atoms with Crippen LogP contribution in [-0.4, -0.2) is 35.5 Å². The second-order valence-electron chi connectivity index (χ2n) is 4.51. The molecule has 0 spiro atoms. The summed E-state index contributed by atoms with van der Waals surface area (Å²) in [4.78, 5) is 35.6. The van der Waals surface area contributed by atoms with Gasteiger partial charge in [0.05, 0.1) is 18.7 Å². The van der Waals surface area contributed by atoms with Gasteiger partial charge in [0.2, 0.25) is 5.91 Å². The first-order valence-electron chi connectivity index (χ1n) is 6.29. The highest BCUT2D eigenvalue weighted by molar-refractivity contribution is 6.01. The van der Waals surface area contributed by atoms with Crippen molar-refractivity contribution in [1.82, 2.24) is 10.2 Å². The number of carbonyl (C=O) groups is 3. The van der Waals surface area contributed by atoms with Gasteiger partial charge in [-0.25, -0.2) is 9.59 Å². The van der Waals surface area contributed by atoms with Gasteiger partial charge in [-0.15, -0.1) is 0 Å². The Kier molecular flexibility index (Phi) is 4.18. The largest absolute Gasteiger partial charge is 0.444 e. The summed E-state index contributed by atoms with van der Waals surface area (Å²) < 4.78 is 4.86. The van der Waals surface area contributed by atoms with Crippen molar-refractivity contribution in [3.63, 3.8) is 0 Å². The molecule has 1 atom stereocenters. The summed E-state index contributed by atoms with van der Waals surface area (Å²) in [7, 11) is 0. The van der Waals surface area contributed by atoms with E-state index in [-0.39, 0.29) is 19.0 Å². The predicted molar refractivity (Wildman–Crippen MR) is 70.9 cm³/mol. The number of urea groups is 1. The third-order valence-electron chi connectivity index (χ3n) is 2.93. The molecule has 1 saturated heterocycles. The maximum atomic E-state index is 11.7. The maximum absolute atomic E-state index is 11.7. The summed E-state index contributed by atoms with van der Waals surface area (Å²) in [6.45, 7) is 1.63. The lowest BCUT2D eigenvalue weighted by molar-refractivity contribution is -0.125. The van der Waals surface area contributed by atoms with Crippen LogP contribution in [0.2, 0.25) is 0 Å². The molecular formula is C14H13N3O4. The van der Waals surface area contributed by atoms with Gasteiger partial charge in [0.25, 0.3) is 0 Å². The minimum absolute atomic E-state index is 0.00922. The summed E-state index contributed by atoms with van der Waals surface area (Å²) in [6.07, 6.45) is -0.817. The average Bonchev–Trinajstić information content (AvgIpc) is 2.79. The standard InChI is InChI=1S/C14H13N3O4/c1-9(6-15)21-13(19)11-4-2-10(3-5-11)8-17-12(18)7-16-14(17)20/h2-5,9H,7-8H2,1H3,(H,16,20)/t9-/m1/s1. The Labute approximate surface area is 121 Å². The highest BCUT2D eigenvalue weighted by Gasteiger charge is 2.28. The van der Waals surface area contributed by atoms with Gasteiger partial charge in [-0.3, -0.25) is 9.69 Å². The van der Waals surface area contributed by atoms with E-state index in [1.54, 1.807) is 18.2 Å². The summed E-state index contributed by atoms with van der Waals surface area (Å²) >= 11 is 0. The lowest BCUT2D eigenvalue weighted by atomic mass is 10.1. The van der Waals surface area contributed by atoms with E-state index < -0.39 is 18.1 Å². The van der Waals surface area contributed by atoms with Gasteiger partial charge < -0.3 is 10.1 Å². The lowest BCUT2D eigenvalue weighted by Gasteiger charge is -2.12. The molecule has 0 bridgehead atoms. The molecule has 1 aliphatic rings. The normalized spacial score (nSPS) is 15.3. The molecule has 21 heavy (non-hydrogen) atoms. The van der Waals surface area contributed by atoms with Crippen LogP contribution in [0, 0.1) is 11.3 Å². The minimum atomic E-state index is -0.817. The quantitative estimate of drug-likeness (QED) is 0.652. The molecule has 108 valence electrons. The van der Waals surface area contributed by atoms with Crippen molar-refractivity contribution in [1.29, 1.82) is 5.26 Å². The van der Waals surface area contributed by atoms with Crippen molar-refractivity contribution in [2.45, 2.75) is 19.6 Å². The van der Waals surface area contributed by atoms with E-state index in [0.717, 1.165) is 4.90 Å². The van der Waals surface area contributed by atoms with Crippen molar-refractivity contribution in [3.05, 3.63) is 35.4 Å². The van der Waals surface area contributed by atoms with E-state index in [2.05, 4.69) is 5.32 Å². The van der Waals surface area contributed by atoms with Gasteiger partial charge >= 0.3 is 12.0 Å². The minimum Gasteiger partial charge on any atom is -0.444 e. The molecular weight excluding hydrogens is 274 g/mol. The van der Waals surface area contributed by atoms with Crippen LogP contribution in [0.3, 0.4) is 0 Å². The second kappa shape index (κ2) is 6.05. The Morgan fingerprint density at radius 3 is 2.62 bits per heavy atom. The van der Waals surface area contributed by atoms with Gasteiger partial charge in [-0.2, -0.15) is 5.26 Å². The predicted octanol–water partition coefficient (Wildman–Crippen LogP) is 0.807. The molecule has 1 aromatic rings. The Hall–Kier alpha value is -2.88. The monoisotopic (exact) mass is 287 g/mol. The van der Waals surface area contributed by atoms with Crippen molar-refractivity contribution >= 4 is 17.9 Å². The van der Waals surface area contributed by atoms with E-state index in [1.807, 2.05) is 0 Å². The number of nitrogens with one attached hydrogen (secondary N) is 1. The van der Waals surface area contributed by atoms with Crippen LogP contribution in [0.5, 0.6) is 0 Å². The Morgan fingerprint density at radius 1 is 1.43 bits per heavy atom. The summed E-state index contributed by atoms with van der Waals surface area (Å²) in [5.41, 5.74) is 1.02. The second-order valence-corrected chi connectivity index (χ2v) is 4.51. The Balaban J connectivity index is 2.02. The number of amides is 3. The van der Waals surface area contributed by atoms with Crippen LogP contribution >= 0.6 is 0 Å². The van der Waals surface area contributed by atoms with E-state index in [0.29, 0.717) is 11.1 Å². The molecule has 1 N–H and O–H groups in total. The fourth-order valence-corrected chi connectivity index (χ4v) is 1.80. The zero-order valence-corrected chi connectivity index (χ0v) is 11.3. The van der Waals surface area contributed by atoms with E-state index in [9.17, 15) is 14.4 Å². The van der Waals surface area contributed by atoms with Crippen LogP contribution < -0.4 is 5.32 Å². The van der Waals surface area contributed by atoms with Gasteiger partial charge in [0, 0.05) is 0 Å². The molecule has 2 rings (SSSR count). The number of ether oxygens (including phenoxy) is 1. The number of hydrogen-bond donors (Lipinski definition) is 1. The topological polar surface area (TPSA) is 99.5 Å². The Morgan fingerprint density at radius 2 is 2.10 bits per heavy atom. The highest BCUT2D eigenvalue weighted by atomic mass is 16.5. The molecule has 1 heterocycles. The molecule has 0 saturated carbocycles. The summed E-state index contributed by atoms with van der Waals surface area (Å²) in [5.74, 6) is -0.878. The third kappa shape index (κ3) is 3.36. The first-order chi connectivity index (χ1) is 10.0. The molecule has 1 aliphatic heterocycles. The molecule has 0 aromatic heterocycles. The average molecular weight is 287 g/mol. The van der Waals surface area contributed by atoms with Gasteiger partial charge in [0.15, 0.2) is 6.10 Å². The molecule has 7 nitrogen and oxygen atoms in total. The zero-order valence-electron chi connectivity index (χ0n) is 11.3. The number of esters is 1. The van der Waals surface area contributed by atoms with Crippen LogP contribution in [0.25, 0.3) is 0 Å². The van der Waals surface area contributed by atoms with Crippen LogP contribution in [0.15, 0.2) is 24.3 Å². The smallest absolute Gasteiger partial charge is 0.339 e. The highest BCUT2D eigenvalue weighted by Crippen LogP contribution is 2.11. The van der Waals surface area contributed by atoms with Crippen molar-refractivity contribution in [2.24, 2.45) is 0 Å². The van der Waals surface area contributed by atoms with Gasteiger partial charge in [0.1, 0.15) is 6.07 Å². The first-order valence-corrected chi connectivity index (χ1v) is 6.29. The number of carbonyl (C=O) groups excluding carboxylic acids is 3. The maximum Gasteiger partial charge on any atom is 0.339 e. The van der Waals surface area contributed by atoms with E-state index >= 15 is 0 Å². The van der Waals surface area contributed by atoms with Gasteiger partial charge in [-0.1, -0.05) is 12.1 Å². The number of benzene rings is 1. The number of nitriles is 1. The number of nitrogens with zero attached hydrogens (tertiary/aromatic N) is 2. The van der Waals surface area contributed by atoms with Crippen molar-refractivity contribution in [3.8, 4) is 6.07 Å². The fourth-order valence-electron chi connectivity index (χ4n) is 1.80. The van der Waals surface area contributed by atoms with Crippen LogP contribution in [0.1, 0.15) is 22.8 Å². The third-order valence-corrected chi connectivity index (χ3v) is 2.93. The SMILES string of the molecule is C[C@H](C#N)OC(=O)c1ccc(CN2C(=O)CNC2=O)cc1. The number of rotatable bonds is 4. The van der Waals surface area contributed by atoms with Crippen LogP contribution in [-0.2, 0) is 16.1 Å². The van der Waals surface area contributed by atoms with Crippen molar-refractivity contribution < 1.29 is 19.1 Å². The number of imide groups is 1. The Bertz CT molecular complexity index is 602.